The minimum Gasteiger partial charge on any atom is -0.387 e. The van der Waals surface area contributed by atoms with Gasteiger partial charge in [-0.05, 0) is 14.1 Å². The van der Waals surface area contributed by atoms with Gasteiger partial charge in [-0.25, -0.2) is 0 Å². The molecule has 0 amide bonds. The molecule has 6 nitrogen and oxygen atoms in total. The summed E-state index contributed by atoms with van der Waals surface area (Å²) in [5.41, 5.74) is 0. The first kappa shape index (κ1) is 10.8. The SMILES string of the molecule is CN(C)C1OC(O)C(O)C(O)C1O. The fraction of sp³-hybridized carbons (Fsp3) is 1.00. The van der Waals surface area contributed by atoms with E-state index in [-0.39, 0.29) is 0 Å². The topological polar surface area (TPSA) is 93.4 Å². The summed E-state index contributed by atoms with van der Waals surface area (Å²) in [5, 5.41) is 36.9. The van der Waals surface area contributed by atoms with Crippen LogP contribution in [0.5, 0.6) is 0 Å². The highest BCUT2D eigenvalue weighted by Gasteiger charge is 2.43. The molecule has 0 aromatic carbocycles. The van der Waals surface area contributed by atoms with E-state index in [4.69, 9.17) is 14.9 Å². The Hall–Kier alpha value is -0.240. The number of hydrogen-bond acceptors (Lipinski definition) is 6. The summed E-state index contributed by atoms with van der Waals surface area (Å²) in [6, 6.07) is 0. The summed E-state index contributed by atoms with van der Waals surface area (Å²) in [6.45, 7) is 0. The van der Waals surface area contributed by atoms with E-state index in [1.165, 1.54) is 4.90 Å². The maximum absolute atomic E-state index is 9.41. The summed E-state index contributed by atoms with van der Waals surface area (Å²) in [4.78, 5) is 1.50. The molecule has 1 heterocycles. The fourth-order valence-corrected chi connectivity index (χ4v) is 1.27. The van der Waals surface area contributed by atoms with Crippen molar-refractivity contribution in [2.75, 3.05) is 14.1 Å². The second-order valence-corrected chi connectivity index (χ2v) is 3.35. The van der Waals surface area contributed by atoms with Crippen molar-refractivity contribution < 1.29 is 25.2 Å². The van der Waals surface area contributed by atoms with Crippen LogP contribution >= 0.6 is 0 Å². The number of hydrogen-bond donors (Lipinski definition) is 4. The third-order valence-corrected chi connectivity index (χ3v) is 2.07. The van der Waals surface area contributed by atoms with Crippen LogP contribution in [0.25, 0.3) is 0 Å². The minimum absolute atomic E-state index is 0.812. The highest BCUT2D eigenvalue weighted by Crippen LogP contribution is 2.20. The van der Waals surface area contributed by atoms with Crippen molar-refractivity contribution in [3.05, 3.63) is 0 Å². The number of likely N-dealkylation sites (N-methyl/N-ethyl adjacent to an activating group) is 1. The first-order chi connectivity index (χ1) is 5.95. The summed E-state index contributed by atoms with van der Waals surface area (Å²) in [5.74, 6) is 0. The normalized spacial score (nSPS) is 46.8. The molecule has 1 rings (SSSR count). The summed E-state index contributed by atoms with van der Waals surface area (Å²) >= 11 is 0. The van der Waals surface area contributed by atoms with Gasteiger partial charge in [-0.15, -0.1) is 0 Å². The first-order valence-electron chi connectivity index (χ1n) is 3.99. The Morgan fingerprint density at radius 3 is 1.92 bits per heavy atom. The van der Waals surface area contributed by atoms with E-state index in [2.05, 4.69) is 0 Å². The molecule has 1 aliphatic heterocycles. The van der Waals surface area contributed by atoms with Crippen LogP contribution in [0.2, 0.25) is 0 Å². The average molecular weight is 193 g/mol. The molecule has 0 aliphatic carbocycles. The lowest BCUT2D eigenvalue weighted by Crippen LogP contribution is -2.61. The van der Waals surface area contributed by atoms with E-state index in [9.17, 15) is 10.2 Å². The molecule has 13 heavy (non-hydrogen) atoms. The molecule has 0 aromatic heterocycles. The van der Waals surface area contributed by atoms with Gasteiger partial charge in [-0.1, -0.05) is 0 Å². The van der Waals surface area contributed by atoms with Crippen LogP contribution in [-0.2, 0) is 4.74 Å². The molecule has 0 bridgehead atoms. The zero-order valence-electron chi connectivity index (χ0n) is 7.53. The molecular formula is C7H15NO5. The van der Waals surface area contributed by atoms with Crippen molar-refractivity contribution in [1.29, 1.82) is 0 Å². The minimum atomic E-state index is -1.47. The Labute approximate surface area is 76.0 Å². The van der Waals surface area contributed by atoms with Gasteiger partial charge in [-0.3, -0.25) is 4.90 Å². The molecule has 5 unspecified atom stereocenters. The molecule has 1 fully saturated rings. The van der Waals surface area contributed by atoms with E-state index < -0.39 is 30.8 Å². The highest BCUT2D eigenvalue weighted by molar-refractivity contribution is 4.87. The van der Waals surface area contributed by atoms with Crippen LogP contribution in [0.1, 0.15) is 0 Å². The molecule has 6 heteroatoms. The zero-order valence-corrected chi connectivity index (χ0v) is 7.53. The van der Waals surface area contributed by atoms with Crippen LogP contribution in [0.4, 0.5) is 0 Å². The highest BCUT2D eigenvalue weighted by atomic mass is 16.6. The second-order valence-electron chi connectivity index (χ2n) is 3.35. The van der Waals surface area contributed by atoms with Gasteiger partial charge in [-0.2, -0.15) is 0 Å². The lowest BCUT2D eigenvalue weighted by atomic mass is 10.0. The van der Waals surface area contributed by atoms with E-state index in [0.717, 1.165) is 0 Å². The number of nitrogens with zero attached hydrogens (tertiary/aromatic N) is 1. The van der Waals surface area contributed by atoms with Gasteiger partial charge >= 0.3 is 0 Å². The number of ether oxygens (including phenoxy) is 1. The van der Waals surface area contributed by atoms with Crippen LogP contribution in [0.15, 0.2) is 0 Å². The van der Waals surface area contributed by atoms with Gasteiger partial charge in [0.2, 0.25) is 0 Å². The van der Waals surface area contributed by atoms with Crippen molar-refractivity contribution >= 4 is 0 Å². The standard InChI is InChI=1S/C7H15NO5/c1-8(2)6-4(10)3(9)5(11)7(12)13-6/h3-7,9-12H,1-2H3. The van der Waals surface area contributed by atoms with Crippen molar-refractivity contribution in [3.63, 3.8) is 0 Å². The van der Waals surface area contributed by atoms with Crippen LogP contribution < -0.4 is 0 Å². The van der Waals surface area contributed by atoms with E-state index in [1.807, 2.05) is 0 Å². The molecule has 0 spiro atoms. The fourth-order valence-electron chi connectivity index (χ4n) is 1.27. The van der Waals surface area contributed by atoms with Crippen molar-refractivity contribution in [3.8, 4) is 0 Å². The van der Waals surface area contributed by atoms with Gasteiger partial charge < -0.3 is 25.2 Å². The van der Waals surface area contributed by atoms with Gasteiger partial charge in [0.05, 0.1) is 0 Å². The van der Waals surface area contributed by atoms with Crippen molar-refractivity contribution in [2.45, 2.75) is 30.8 Å². The third-order valence-electron chi connectivity index (χ3n) is 2.07. The van der Waals surface area contributed by atoms with Gasteiger partial charge in [0.15, 0.2) is 6.29 Å². The van der Waals surface area contributed by atoms with Crippen LogP contribution in [0.3, 0.4) is 0 Å². The molecule has 4 N–H and O–H groups in total. The first-order valence-corrected chi connectivity index (χ1v) is 3.99. The Morgan fingerprint density at radius 2 is 1.46 bits per heavy atom. The Bertz CT molecular complexity index is 176. The molecule has 0 aromatic rings. The van der Waals surface area contributed by atoms with Gasteiger partial charge in [0.1, 0.15) is 24.5 Å². The molecule has 5 atom stereocenters. The average Bonchev–Trinajstić information content (AvgIpc) is 2.07. The molecule has 1 saturated heterocycles. The Balaban J connectivity index is 2.70. The summed E-state index contributed by atoms with van der Waals surface area (Å²) < 4.78 is 4.86. The molecule has 1 aliphatic rings. The Kier molecular flexibility index (Phi) is 3.23. The predicted molar refractivity (Wildman–Crippen MR) is 42.6 cm³/mol. The van der Waals surface area contributed by atoms with E-state index >= 15 is 0 Å². The Morgan fingerprint density at radius 1 is 0.923 bits per heavy atom. The second kappa shape index (κ2) is 3.87. The lowest BCUT2D eigenvalue weighted by Gasteiger charge is -2.40. The van der Waals surface area contributed by atoms with E-state index in [1.54, 1.807) is 14.1 Å². The van der Waals surface area contributed by atoms with Gasteiger partial charge in [0.25, 0.3) is 0 Å². The smallest absolute Gasteiger partial charge is 0.185 e. The van der Waals surface area contributed by atoms with E-state index in [0.29, 0.717) is 0 Å². The number of aliphatic hydroxyl groups is 4. The van der Waals surface area contributed by atoms with Gasteiger partial charge in [0, 0.05) is 0 Å². The molecule has 78 valence electrons. The van der Waals surface area contributed by atoms with Crippen LogP contribution in [0, 0.1) is 0 Å². The van der Waals surface area contributed by atoms with Crippen molar-refractivity contribution in [2.24, 2.45) is 0 Å². The molecule has 0 saturated carbocycles. The maximum atomic E-state index is 9.41. The predicted octanol–water partition coefficient (Wildman–Crippen LogP) is -2.69. The summed E-state index contributed by atoms with van der Waals surface area (Å²) in [6.07, 6.45) is -6.37. The van der Waals surface area contributed by atoms with Crippen LogP contribution in [-0.4, -0.2) is 70.3 Å². The molecular weight excluding hydrogens is 178 g/mol. The van der Waals surface area contributed by atoms with Crippen molar-refractivity contribution in [1.82, 2.24) is 4.90 Å². The molecule has 0 radical (unpaired) electrons. The zero-order chi connectivity index (χ0) is 10.2. The third kappa shape index (κ3) is 1.98. The maximum Gasteiger partial charge on any atom is 0.185 e. The quantitative estimate of drug-likeness (QED) is 0.362. The lowest BCUT2D eigenvalue weighted by molar-refractivity contribution is -0.306. The number of aliphatic hydroxyl groups excluding tert-OH is 4. The largest absolute Gasteiger partial charge is 0.387 e. The summed E-state index contributed by atoms with van der Waals surface area (Å²) in [7, 11) is 3.26. The number of rotatable bonds is 1. The monoisotopic (exact) mass is 193 g/mol.